The first-order chi connectivity index (χ1) is 8.20. The molecule has 2 N–H and O–H groups in total. The molecule has 0 heterocycles. The zero-order valence-electron chi connectivity index (χ0n) is 10.4. The molecule has 0 spiro atoms. The van der Waals surface area contributed by atoms with Crippen LogP contribution in [-0.2, 0) is 0 Å². The van der Waals surface area contributed by atoms with E-state index < -0.39 is 0 Å². The summed E-state index contributed by atoms with van der Waals surface area (Å²) < 4.78 is 0. The lowest BCUT2D eigenvalue weighted by Crippen LogP contribution is -2.32. The normalized spacial score (nSPS) is 15.4. The van der Waals surface area contributed by atoms with E-state index in [1.807, 2.05) is 12.1 Å². The molecule has 0 saturated heterocycles. The summed E-state index contributed by atoms with van der Waals surface area (Å²) in [7, 11) is 0. The van der Waals surface area contributed by atoms with Gasteiger partial charge in [-0.05, 0) is 49.9 Å². The van der Waals surface area contributed by atoms with Gasteiger partial charge in [0.2, 0.25) is 0 Å². The Morgan fingerprint density at radius 3 is 2.41 bits per heavy atom. The first-order valence-electron chi connectivity index (χ1n) is 6.35. The summed E-state index contributed by atoms with van der Waals surface area (Å²) in [5.74, 6) is 0.894. The second-order valence-electron chi connectivity index (χ2n) is 4.75. The second-order valence-corrected chi connectivity index (χ2v) is 5.19. The SMILES string of the molecule is CCN(CC1CCC1)c1ccc(C(N)=S)cc1. The van der Waals surface area contributed by atoms with Crippen LogP contribution in [0.4, 0.5) is 5.69 Å². The average Bonchev–Trinajstić information content (AvgIpc) is 2.28. The highest BCUT2D eigenvalue weighted by atomic mass is 32.1. The highest BCUT2D eigenvalue weighted by Crippen LogP contribution is 2.28. The van der Waals surface area contributed by atoms with Crippen LogP contribution in [0.25, 0.3) is 0 Å². The zero-order chi connectivity index (χ0) is 12.3. The lowest BCUT2D eigenvalue weighted by atomic mass is 9.85. The van der Waals surface area contributed by atoms with Gasteiger partial charge >= 0.3 is 0 Å². The Morgan fingerprint density at radius 1 is 1.35 bits per heavy atom. The van der Waals surface area contributed by atoms with Crippen molar-refractivity contribution in [2.24, 2.45) is 11.7 Å². The van der Waals surface area contributed by atoms with Crippen molar-refractivity contribution < 1.29 is 0 Å². The predicted octanol–water partition coefficient (Wildman–Crippen LogP) is 2.95. The van der Waals surface area contributed by atoms with Gasteiger partial charge < -0.3 is 10.6 Å². The quantitative estimate of drug-likeness (QED) is 0.812. The minimum atomic E-state index is 0.471. The van der Waals surface area contributed by atoms with E-state index in [1.165, 1.54) is 31.5 Å². The molecule has 2 nitrogen and oxygen atoms in total. The fraction of sp³-hybridized carbons (Fsp3) is 0.500. The zero-order valence-corrected chi connectivity index (χ0v) is 11.2. The highest BCUT2D eigenvalue weighted by molar-refractivity contribution is 7.80. The van der Waals surface area contributed by atoms with Gasteiger partial charge in [0.15, 0.2) is 0 Å². The molecule has 0 radical (unpaired) electrons. The van der Waals surface area contributed by atoms with Crippen LogP contribution in [-0.4, -0.2) is 18.1 Å². The third kappa shape index (κ3) is 2.97. The molecule has 1 saturated carbocycles. The first-order valence-corrected chi connectivity index (χ1v) is 6.76. The molecular formula is C14H20N2S. The van der Waals surface area contributed by atoms with Crippen LogP contribution >= 0.6 is 12.2 Å². The molecule has 17 heavy (non-hydrogen) atoms. The van der Waals surface area contributed by atoms with Gasteiger partial charge in [0.1, 0.15) is 4.99 Å². The summed E-state index contributed by atoms with van der Waals surface area (Å²) in [4.78, 5) is 2.91. The Bertz CT molecular complexity index is 382. The number of hydrogen-bond acceptors (Lipinski definition) is 2. The Labute approximate surface area is 109 Å². The van der Waals surface area contributed by atoms with Crippen molar-refractivity contribution in [2.75, 3.05) is 18.0 Å². The summed E-state index contributed by atoms with van der Waals surface area (Å²) in [5.41, 5.74) is 7.83. The van der Waals surface area contributed by atoms with E-state index in [9.17, 15) is 0 Å². The molecule has 0 bridgehead atoms. The summed E-state index contributed by atoms with van der Waals surface area (Å²) >= 11 is 4.96. The minimum absolute atomic E-state index is 0.471. The molecule has 1 aromatic carbocycles. The molecule has 0 unspecified atom stereocenters. The van der Waals surface area contributed by atoms with Crippen molar-refractivity contribution in [1.29, 1.82) is 0 Å². The Morgan fingerprint density at radius 2 is 2.00 bits per heavy atom. The van der Waals surface area contributed by atoms with Crippen molar-refractivity contribution in [2.45, 2.75) is 26.2 Å². The minimum Gasteiger partial charge on any atom is -0.389 e. The summed E-state index contributed by atoms with van der Waals surface area (Å²) in [6.07, 6.45) is 4.19. The maximum atomic E-state index is 5.60. The van der Waals surface area contributed by atoms with Crippen LogP contribution in [0.1, 0.15) is 31.7 Å². The van der Waals surface area contributed by atoms with E-state index in [2.05, 4.69) is 24.0 Å². The summed E-state index contributed by atoms with van der Waals surface area (Å²) in [5, 5.41) is 0. The Hall–Kier alpha value is -1.09. The van der Waals surface area contributed by atoms with Crippen LogP contribution in [0, 0.1) is 5.92 Å². The smallest absolute Gasteiger partial charge is 0.103 e. The molecule has 1 aliphatic carbocycles. The van der Waals surface area contributed by atoms with Gasteiger partial charge in [0.05, 0.1) is 0 Å². The third-order valence-corrected chi connectivity index (χ3v) is 3.84. The van der Waals surface area contributed by atoms with Crippen LogP contribution in [0.3, 0.4) is 0 Å². The Kier molecular flexibility index (Phi) is 4.00. The van der Waals surface area contributed by atoms with Crippen LogP contribution < -0.4 is 10.6 Å². The van der Waals surface area contributed by atoms with Crippen LogP contribution in [0.5, 0.6) is 0 Å². The molecule has 0 atom stereocenters. The largest absolute Gasteiger partial charge is 0.389 e. The molecule has 92 valence electrons. The molecular weight excluding hydrogens is 228 g/mol. The number of anilines is 1. The molecule has 1 aromatic rings. The fourth-order valence-corrected chi connectivity index (χ4v) is 2.38. The lowest BCUT2D eigenvalue weighted by Gasteiger charge is -2.33. The fourth-order valence-electron chi connectivity index (χ4n) is 2.24. The van der Waals surface area contributed by atoms with E-state index >= 15 is 0 Å². The van der Waals surface area contributed by atoms with Gasteiger partial charge in [-0.25, -0.2) is 0 Å². The van der Waals surface area contributed by atoms with Crippen molar-refractivity contribution in [1.82, 2.24) is 0 Å². The standard InChI is InChI=1S/C14H20N2S/c1-2-16(10-11-4-3-5-11)13-8-6-12(7-9-13)14(15)17/h6-9,11H,2-5,10H2,1H3,(H2,15,17). The number of rotatable bonds is 5. The molecule has 0 amide bonds. The van der Waals surface area contributed by atoms with Crippen molar-refractivity contribution in [3.05, 3.63) is 29.8 Å². The van der Waals surface area contributed by atoms with Crippen molar-refractivity contribution in [3.8, 4) is 0 Å². The van der Waals surface area contributed by atoms with Crippen molar-refractivity contribution in [3.63, 3.8) is 0 Å². The van der Waals surface area contributed by atoms with Crippen LogP contribution in [0.2, 0.25) is 0 Å². The van der Waals surface area contributed by atoms with E-state index in [4.69, 9.17) is 18.0 Å². The van der Waals surface area contributed by atoms with E-state index in [-0.39, 0.29) is 0 Å². The molecule has 1 fully saturated rings. The monoisotopic (exact) mass is 248 g/mol. The number of nitrogens with two attached hydrogens (primary N) is 1. The number of hydrogen-bond donors (Lipinski definition) is 1. The topological polar surface area (TPSA) is 29.3 Å². The molecule has 0 aromatic heterocycles. The number of benzene rings is 1. The van der Waals surface area contributed by atoms with E-state index in [1.54, 1.807) is 0 Å². The number of nitrogens with zero attached hydrogens (tertiary/aromatic N) is 1. The van der Waals surface area contributed by atoms with E-state index in [0.717, 1.165) is 18.0 Å². The maximum absolute atomic E-state index is 5.60. The number of thiocarbonyl (C=S) groups is 1. The van der Waals surface area contributed by atoms with Gasteiger partial charge in [-0.3, -0.25) is 0 Å². The summed E-state index contributed by atoms with van der Waals surface area (Å²) in [6.45, 7) is 4.45. The lowest BCUT2D eigenvalue weighted by molar-refractivity contribution is 0.318. The highest BCUT2D eigenvalue weighted by Gasteiger charge is 2.20. The maximum Gasteiger partial charge on any atom is 0.103 e. The average molecular weight is 248 g/mol. The van der Waals surface area contributed by atoms with Gasteiger partial charge in [-0.15, -0.1) is 0 Å². The predicted molar refractivity (Wildman–Crippen MR) is 77.6 cm³/mol. The third-order valence-electron chi connectivity index (χ3n) is 3.60. The van der Waals surface area contributed by atoms with Gasteiger partial charge in [-0.2, -0.15) is 0 Å². The van der Waals surface area contributed by atoms with Gasteiger partial charge in [0, 0.05) is 24.3 Å². The molecule has 1 aliphatic rings. The summed E-state index contributed by atoms with van der Waals surface area (Å²) in [6, 6.07) is 8.27. The van der Waals surface area contributed by atoms with Gasteiger partial charge in [-0.1, -0.05) is 18.6 Å². The van der Waals surface area contributed by atoms with Gasteiger partial charge in [0.25, 0.3) is 0 Å². The second kappa shape index (κ2) is 5.50. The molecule has 2 rings (SSSR count). The first kappa shape index (κ1) is 12.4. The Balaban J connectivity index is 2.04. The van der Waals surface area contributed by atoms with E-state index in [0.29, 0.717) is 4.99 Å². The van der Waals surface area contributed by atoms with Crippen LogP contribution in [0.15, 0.2) is 24.3 Å². The van der Waals surface area contributed by atoms with Crippen molar-refractivity contribution >= 4 is 22.9 Å². The molecule has 0 aliphatic heterocycles. The molecule has 3 heteroatoms.